The van der Waals surface area contributed by atoms with E-state index in [2.05, 4.69) is 29.0 Å². The number of anilines is 1. The first-order valence-corrected chi connectivity index (χ1v) is 15.8. The Bertz CT molecular complexity index is 1500. The molecule has 35 heavy (non-hydrogen) atoms. The second-order valence-electron chi connectivity index (χ2n) is 9.96. The van der Waals surface area contributed by atoms with E-state index < -0.39 is 25.1 Å². The minimum atomic E-state index is -4.14. The minimum absolute atomic E-state index is 0.0310. The summed E-state index contributed by atoms with van der Waals surface area (Å²) in [5.74, 6) is 0.579. The third-order valence-corrected chi connectivity index (χ3v) is 13.4. The summed E-state index contributed by atoms with van der Waals surface area (Å²) in [6.45, 7) is 3.91. The lowest BCUT2D eigenvalue weighted by atomic mass is 9.94. The molecule has 1 atom stereocenters. The molecule has 8 nitrogen and oxygen atoms in total. The molecular weight excluding hydrogens is 528 g/mol. The quantitative estimate of drug-likeness (QED) is 0.448. The number of fused-ring (bicyclic) bond motifs is 1. The molecule has 0 bridgehead atoms. The van der Waals surface area contributed by atoms with E-state index in [1.807, 2.05) is 0 Å². The summed E-state index contributed by atoms with van der Waals surface area (Å²) in [6.07, 6.45) is 4.00. The molecule has 1 aliphatic heterocycles. The van der Waals surface area contributed by atoms with Gasteiger partial charge >= 0.3 is 0 Å². The number of halogens is 1. The van der Waals surface area contributed by atoms with E-state index in [1.165, 1.54) is 12.1 Å². The predicted octanol–water partition coefficient (Wildman–Crippen LogP) is 4.23. The Labute approximate surface area is 215 Å². The van der Waals surface area contributed by atoms with Crippen LogP contribution in [-0.4, -0.2) is 68.4 Å². The normalized spacial score (nSPS) is 20.4. The van der Waals surface area contributed by atoms with Gasteiger partial charge in [0.25, 0.3) is 10.0 Å². The number of sulfone groups is 1. The largest absolute Gasteiger partial charge is 0.349 e. The number of hydrogen-bond donors (Lipinski definition) is 0. The lowest BCUT2D eigenvalue weighted by molar-refractivity contribution is 0.217. The van der Waals surface area contributed by atoms with Crippen LogP contribution in [0.15, 0.2) is 38.8 Å². The van der Waals surface area contributed by atoms with Crippen molar-refractivity contribution in [2.45, 2.75) is 64.8 Å². The molecule has 190 valence electrons. The van der Waals surface area contributed by atoms with Crippen LogP contribution >= 0.6 is 22.9 Å². The summed E-state index contributed by atoms with van der Waals surface area (Å²) in [5, 5.41) is 5.06. The number of piperidine rings is 1. The van der Waals surface area contributed by atoms with Gasteiger partial charge in [0.15, 0.2) is 15.7 Å². The van der Waals surface area contributed by atoms with Crippen LogP contribution in [0.5, 0.6) is 0 Å². The van der Waals surface area contributed by atoms with Gasteiger partial charge in [-0.05, 0) is 77.9 Å². The van der Waals surface area contributed by atoms with Gasteiger partial charge in [0, 0.05) is 18.1 Å². The van der Waals surface area contributed by atoms with Crippen molar-refractivity contribution in [2.24, 2.45) is 0 Å². The first-order chi connectivity index (χ1) is 16.4. The monoisotopic (exact) mass is 556 g/mol. The van der Waals surface area contributed by atoms with Crippen molar-refractivity contribution in [1.82, 2.24) is 14.1 Å². The maximum absolute atomic E-state index is 13.7. The fourth-order valence-corrected chi connectivity index (χ4v) is 9.75. The first kappa shape index (κ1) is 25.0. The molecule has 2 fully saturated rings. The fraction of sp³-hybridized carbons (Fsp3) is 0.522. The van der Waals surface area contributed by atoms with Gasteiger partial charge < -0.3 is 9.80 Å². The van der Waals surface area contributed by atoms with E-state index in [0.29, 0.717) is 27.8 Å². The Morgan fingerprint density at radius 2 is 1.80 bits per heavy atom. The Hall–Kier alpha value is -1.66. The maximum Gasteiger partial charge on any atom is 0.293 e. The molecule has 3 aromatic rings. The van der Waals surface area contributed by atoms with Crippen LogP contribution in [0.25, 0.3) is 10.9 Å². The lowest BCUT2D eigenvalue weighted by Crippen LogP contribution is -2.50. The third kappa shape index (κ3) is 3.99. The molecule has 2 aliphatic rings. The Kier molecular flexibility index (Phi) is 6.03. The van der Waals surface area contributed by atoms with Gasteiger partial charge in [-0.2, -0.15) is 12.5 Å². The zero-order chi connectivity index (χ0) is 25.3. The van der Waals surface area contributed by atoms with Crippen LogP contribution in [0.4, 0.5) is 5.82 Å². The number of benzene rings is 1. The highest BCUT2D eigenvalue weighted by atomic mass is 35.5. The maximum atomic E-state index is 13.7. The molecule has 1 spiro atoms. The van der Waals surface area contributed by atoms with Crippen molar-refractivity contribution in [3.8, 4) is 0 Å². The molecule has 0 radical (unpaired) electrons. The molecule has 2 aromatic heterocycles. The highest BCUT2D eigenvalue weighted by molar-refractivity contribution is 7.95. The fourth-order valence-electron chi connectivity index (χ4n) is 4.92. The second-order valence-corrected chi connectivity index (χ2v) is 16.2. The SMILES string of the molecule is CC(C)S(=O)(=O)c1ccc(S(=O)(=O)n2nc(N3CCC(N(C)C)CC34CC4)c3c(Cl)cccc32)s1. The highest BCUT2D eigenvalue weighted by Gasteiger charge is 2.53. The summed E-state index contributed by atoms with van der Waals surface area (Å²) >= 11 is 7.38. The van der Waals surface area contributed by atoms with Crippen molar-refractivity contribution in [2.75, 3.05) is 25.5 Å². The van der Waals surface area contributed by atoms with Crippen molar-refractivity contribution in [3.05, 3.63) is 35.4 Å². The van der Waals surface area contributed by atoms with Crippen LogP contribution in [0.3, 0.4) is 0 Å². The molecule has 0 amide bonds. The van der Waals surface area contributed by atoms with E-state index >= 15 is 0 Å². The van der Waals surface area contributed by atoms with Crippen LogP contribution in [0, 0.1) is 0 Å². The number of nitrogens with zero attached hydrogens (tertiary/aromatic N) is 4. The zero-order valence-electron chi connectivity index (χ0n) is 20.1. The average Bonchev–Trinajstić information content (AvgIpc) is 3.22. The first-order valence-electron chi connectivity index (χ1n) is 11.6. The van der Waals surface area contributed by atoms with E-state index in [4.69, 9.17) is 11.6 Å². The summed E-state index contributed by atoms with van der Waals surface area (Å²) < 4.78 is 53.6. The molecule has 1 unspecified atom stereocenters. The van der Waals surface area contributed by atoms with Crippen molar-refractivity contribution < 1.29 is 16.8 Å². The average molecular weight is 557 g/mol. The Morgan fingerprint density at radius 3 is 2.43 bits per heavy atom. The van der Waals surface area contributed by atoms with E-state index in [9.17, 15) is 16.8 Å². The van der Waals surface area contributed by atoms with E-state index in [-0.39, 0.29) is 14.0 Å². The van der Waals surface area contributed by atoms with Gasteiger partial charge in [-0.15, -0.1) is 16.4 Å². The van der Waals surface area contributed by atoms with E-state index in [1.54, 1.807) is 32.0 Å². The summed E-state index contributed by atoms with van der Waals surface area (Å²) in [6, 6.07) is 8.32. The van der Waals surface area contributed by atoms with Crippen LogP contribution < -0.4 is 4.90 Å². The summed E-state index contributed by atoms with van der Waals surface area (Å²) in [5.41, 5.74) is 0.351. The Balaban J connectivity index is 1.62. The third-order valence-electron chi connectivity index (χ3n) is 7.23. The summed E-state index contributed by atoms with van der Waals surface area (Å²) in [7, 11) is -3.54. The van der Waals surface area contributed by atoms with Crippen molar-refractivity contribution in [3.63, 3.8) is 0 Å². The second kappa shape index (κ2) is 8.44. The molecule has 0 N–H and O–H groups in total. The smallest absolute Gasteiger partial charge is 0.293 e. The van der Waals surface area contributed by atoms with E-state index in [0.717, 1.165) is 47.7 Å². The number of hydrogen-bond acceptors (Lipinski definition) is 8. The lowest BCUT2D eigenvalue weighted by Gasteiger charge is -2.42. The zero-order valence-corrected chi connectivity index (χ0v) is 23.3. The molecule has 5 rings (SSSR count). The number of aromatic nitrogens is 2. The molecule has 12 heteroatoms. The standard InChI is InChI=1S/C23H29ClN4O4S3/c1-15(2)34(29,30)19-8-9-20(33-19)35(31,32)28-18-7-5-6-17(24)21(18)22(25-28)27-13-10-16(26(3)4)14-23(27)11-12-23/h5-9,15-16H,10-14H2,1-4H3. The Morgan fingerprint density at radius 1 is 1.11 bits per heavy atom. The molecule has 1 aromatic carbocycles. The van der Waals surface area contributed by atoms with Gasteiger partial charge in [0.1, 0.15) is 8.42 Å². The predicted molar refractivity (Wildman–Crippen MR) is 140 cm³/mol. The molecular formula is C23H29ClN4O4S3. The van der Waals surface area contributed by atoms with Crippen LogP contribution in [0.1, 0.15) is 39.5 Å². The van der Waals surface area contributed by atoms with Gasteiger partial charge in [-0.25, -0.2) is 8.42 Å². The molecule has 1 saturated heterocycles. The van der Waals surface area contributed by atoms with Gasteiger partial charge in [-0.3, -0.25) is 0 Å². The van der Waals surface area contributed by atoms with Gasteiger partial charge in [0.2, 0.25) is 0 Å². The highest BCUT2D eigenvalue weighted by Crippen LogP contribution is 2.52. The number of thiophene rings is 1. The topological polar surface area (TPSA) is 92.6 Å². The van der Waals surface area contributed by atoms with Crippen LogP contribution in [-0.2, 0) is 19.9 Å². The summed E-state index contributed by atoms with van der Waals surface area (Å²) in [4.78, 5) is 4.50. The van der Waals surface area contributed by atoms with Crippen LogP contribution in [0.2, 0.25) is 5.02 Å². The van der Waals surface area contributed by atoms with Gasteiger partial charge in [0.05, 0.1) is 21.2 Å². The minimum Gasteiger partial charge on any atom is -0.349 e. The van der Waals surface area contributed by atoms with Gasteiger partial charge in [-0.1, -0.05) is 17.7 Å². The van der Waals surface area contributed by atoms with Crippen molar-refractivity contribution in [1.29, 1.82) is 0 Å². The molecule has 1 saturated carbocycles. The molecule has 3 heterocycles. The molecule has 1 aliphatic carbocycles. The van der Waals surface area contributed by atoms with Crippen molar-refractivity contribution >= 4 is 59.5 Å². The number of rotatable bonds is 6.